The number of hydrogen-bond acceptors (Lipinski definition) is 6. The van der Waals surface area contributed by atoms with Crippen LogP contribution in [0.15, 0.2) is 70.6 Å². The minimum absolute atomic E-state index is 0.214. The standard InChI is InChI=1S/C20H20N6O2S/c1-14-18(19(28)26(24(14)2)16-11-7-4-8-12-16)25-20(21-22-23-25)29-13-17(27)15-9-5-3-6-10-15/h3-12,17,27H,13H2,1-2H3. The van der Waals surface area contributed by atoms with Gasteiger partial charge in [0.1, 0.15) is 0 Å². The highest BCUT2D eigenvalue weighted by molar-refractivity contribution is 7.99. The first-order valence-corrected chi connectivity index (χ1v) is 10.0. The second-order valence-electron chi connectivity index (χ2n) is 6.52. The Morgan fingerprint density at radius 1 is 1.07 bits per heavy atom. The lowest BCUT2D eigenvalue weighted by Crippen LogP contribution is -2.22. The van der Waals surface area contributed by atoms with E-state index in [0.29, 0.717) is 16.6 Å². The summed E-state index contributed by atoms with van der Waals surface area (Å²) in [4.78, 5) is 13.2. The number of para-hydroxylation sites is 1. The van der Waals surface area contributed by atoms with E-state index in [0.717, 1.165) is 16.9 Å². The fourth-order valence-electron chi connectivity index (χ4n) is 3.13. The molecule has 4 rings (SSSR count). The van der Waals surface area contributed by atoms with Gasteiger partial charge in [0.25, 0.3) is 5.56 Å². The van der Waals surface area contributed by atoms with E-state index in [1.165, 1.54) is 16.4 Å². The molecular weight excluding hydrogens is 388 g/mol. The number of rotatable bonds is 6. The summed E-state index contributed by atoms with van der Waals surface area (Å²) in [5.41, 5.74) is 2.49. The van der Waals surface area contributed by atoms with Gasteiger partial charge in [-0.3, -0.25) is 9.48 Å². The predicted molar refractivity (Wildman–Crippen MR) is 111 cm³/mol. The van der Waals surface area contributed by atoms with E-state index >= 15 is 0 Å². The Bertz CT molecular complexity index is 1170. The summed E-state index contributed by atoms with van der Waals surface area (Å²) in [6.45, 7) is 1.85. The molecule has 1 N–H and O–H groups in total. The first-order chi connectivity index (χ1) is 14.1. The van der Waals surface area contributed by atoms with Crippen molar-refractivity contribution in [2.45, 2.75) is 18.2 Å². The van der Waals surface area contributed by atoms with Gasteiger partial charge in [-0.1, -0.05) is 60.3 Å². The third-order valence-corrected chi connectivity index (χ3v) is 5.73. The van der Waals surface area contributed by atoms with E-state index in [2.05, 4.69) is 15.5 Å². The summed E-state index contributed by atoms with van der Waals surface area (Å²) in [6, 6.07) is 18.8. The van der Waals surface area contributed by atoms with Gasteiger partial charge >= 0.3 is 0 Å². The maximum absolute atomic E-state index is 13.2. The van der Waals surface area contributed by atoms with Crippen molar-refractivity contribution in [2.24, 2.45) is 7.05 Å². The summed E-state index contributed by atoms with van der Waals surface area (Å²) < 4.78 is 4.81. The van der Waals surface area contributed by atoms with E-state index in [4.69, 9.17) is 0 Å². The van der Waals surface area contributed by atoms with Crippen molar-refractivity contribution in [3.8, 4) is 11.4 Å². The average molecular weight is 408 g/mol. The van der Waals surface area contributed by atoms with Gasteiger partial charge in [-0.25, -0.2) is 4.68 Å². The maximum Gasteiger partial charge on any atom is 0.297 e. The molecule has 0 bridgehead atoms. The fourth-order valence-corrected chi connectivity index (χ4v) is 3.98. The molecule has 0 radical (unpaired) electrons. The molecule has 0 spiro atoms. The minimum atomic E-state index is -0.663. The maximum atomic E-state index is 13.2. The molecule has 2 aromatic heterocycles. The highest BCUT2D eigenvalue weighted by Crippen LogP contribution is 2.25. The lowest BCUT2D eigenvalue weighted by atomic mass is 10.1. The summed E-state index contributed by atoms with van der Waals surface area (Å²) in [6.07, 6.45) is -0.663. The van der Waals surface area contributed by atoms with Gasteiger partial charge in [0.2, 0.25) is 5.16 Å². The van der Waals surface area contributed by atoms with Crippen molar-refractivity contribution < 1.29 is 5.11 Å². The van der Waals surface area contributed by atoms with Crippen molar-refractivity contribution in [3.63, 3.8) is 0 Å². The molecule has 0 aliphatic rings. The van der Waals surface area contributed by atoms with Crippen LogP contribution in [0.1, 0.15) is 17.4 Å². The van der Waals surface area contributed by atoms with Crippen LogP contribution in [0.3, 0.4) is 0 Å². The molecule has 9 heteroatoms. The number of benzene rings is 2. The van der Waals surface area contributed by atoms with Crippen LogP contribution in [0.4, 0.5) is 0 Å². The number of tetrazole rings is 1. The van der Waals surface area contributed by atoms with Crippen molar-refractivity contribution in [3.05, 3.63) is 82.3 Å². The number of thioether (sulfide) groups is 1. The Morgan fingerprint density at radius 3 is 2.41 bits per heavy atom. The molecule has 1 atom stereocenters. The molecule has 0 aliphatic carbocycles. The zero-order chi connectivity index (χ0) is 20.4. The summed E-state index contributed by atoms with van der Waals surface area (Å²) in [7, 11) is 1.82. The molecule has 8 nitrogen and oxygen atoms in total. The average Bonchev–Trinajstić information content (AvgIpc) is 3.29. The lowest BCUT2D eigenvalue weighted by molar-refractivity contribution is 0.204. The second-order valence-corrected chi connectivity index (χ2v) is 7.51. The molecule has 148 valence electrons. The van der Waals surface area contributed by atoms with E-state index in [-0.39, 0.29) is 5.56 Å². The van der Waals surface area contributed by atoms with Gasteiger partial charge in [0.05, 0.1) is 17.5 Å². The fraction of sp³-hybridized carbons (Fsp3) is 0.200. The number of nitrogens with zero attached hydrogens (tertiary/aromatic N) is 6. The Kier molecular flexibility index (Phi) is 5.32. The molecule has 4 aromatic rings. The second kappa shape index (κ2) is 8.06. The minimum Gasteiger partial charge on any atom is -0.388 e. The van der Waals surface area contributed by atoms with Crippen LogP contribution >= 0.6 is 11.8 Å². The zero-order valence-electron chi connectivity index (χ0n) is 16.0. The van der Waals surface area contributed by atoms with Crippen LogP contribution in [0, 0.1) is 6.92 Å². The molecule has 1 unspecified atom stereocenters. The molecule has 2 aromatic carbocycles. The van der Waals surface area contributed by atoms with Crippen molar-refractivity contribution >= 4 is 11.8 Å². The quantitative estimate of drug-likeness (QED) is 0.492. The van der Waals surface area contributed by atoms with Crippen LogP contribution in [0.5, 0.6) is 0 Å². The molecule has 29 heavy (non-hydrogen) atoms. The van der Waals surface area contributed by atoms with E-state index in [1.807, 2.05) is 74.6 Å². The third kappa shape index (κ3) is 3.62. The van der Waals surface area contributed by atoms with Crippen LogP contribution in [-0.2, 0) is 7.05 Å². The van der Waals surface area contributed by atoms with E-state index in [1.54, 1.807) is 9.36 Å². The van der Waals surface area contributed by atoms with Crippen LogP contribution in [0.25, 0.3) is 11.4 Å². The van der Waals surface area contributed by atoms with Gasteiger partial charge in [-0.05, 0) is 35.0 Å². The monoisotopic (exact) mass is 408 g/mol. The topological polar surface area (TPSA) is 90.8 Å². The summed E-state index contributed by atoms with van der Waals surface area (Å²) in [5, 5.41) is 22.7. The molecule has 0 amide bonds. The molecule has 0 aliphatic heterocycles. The van der Waals surface area contributed by atoms with Gasteiger partial charge < -0.3 is 5.11 Å². The molecule has 0 fully saturated rings. The van der Waals surface area contributed by atoms with Crippen LogP contribution in [-0.4, -0.2) is 40.4 Å². The van der Waals surface area contributed by atoms with Crippen molar-refractivity contribution in [2.75, 3.05) is 5.75 Å². The Labute approximate surface area is 171 Å². The van der Waals surface area contributed by atoms with E-state index in [9.17, 15) is 9.90 Å². The number of aromatic nitrogens is 6. The highest BCUT2D eigenvalue weighted by atomic mass is 32.2. The Hall–Kier alpha value is -3.17. The smallest absolute Gasteiger partial charge is 0.297 e. The summed E-state index contributed by atoms with van der Waals surface area (Å²) >= 11 is 1.30. The SMILES string of the molecule is Cc1c(-n2nnnc2SCC(O)c2ccccc2)c(=O)n(-c2ccccc2)n1C. The molecule has 0 saturated carbocycles. The molecule has 0 saturated heterocycles. The van der Waals surface area contributed by atoms with Crippen molar-refractivity contribution in [1.29, 1.82) is 0 Å². The predicted octanol–water partition coefficient (Wildman–Crippen LogP) is 2.29. The first kappa shape index (κ1) is 19.2. The molecule has 2 heterocycles. The number of hydrogen-bond donors (Lipinski definition) is 1. The van der Waals surface area contributed by atoms with E-state index < -0.39 is 6.10 Å². The van der Waals surface area contributed by atoms with Gasteiger partial charge in [-0.2, -0.15) is 4.68 Å². The zero-order valence-corrected chi connectivity index (χ0v) is 16.8. The normalized spacial score (nSPS) is 12.2. The molecular formula is C20H20N6O2S. The number of aliphatic hydroxyl groups is 1. The van der Waals surface area contributed by atoms with Crippen LogP contribution < -0.4 is 5.56 Å². The third-order valence-electron chi connectivity index (χ3n) is 4.73. The van der Waals surface area contributed by atoms with Gasteiger partial charge in [0.15, 0.2) is 5.69 Å². The highest BCUT2D eigenvalue weighted by Gasteiger charge is 2.22. The Morgan fingerprint density at radius 2 is 1.72 bits per heavy atom. The van der Waals surface area contributed by atoms with Crippen LogP contribution in [0.2, 0.25) is 0 Å². The van der Waals surface area contributed by atoms with Gasteiger partial charge in [-0.15, -0.1) is 5.10 Å². The first-order valence-electron chi connectivity index (χ1n) is 9.06. The number of aliphatic hydroxyl groups excluding tert-OH is 1. The lowest BCUT2D eigenvalue weighted by Gasteiger charge is -2.09. The Balaban J connectivity index is 1.66. The largest absolute Gasteiger partial charge is 0.388 e. The van der Waals surface area contributed by atoms with Gasteiger partial charge in [0, 0.05) is 12.8 Å². The summed E-state index contributed by atoms with van der Waals surface area (Å²) in [5.74, 6) is 0.364. The van der Waals surface area contributed by atoms with Crippen molar-refractivity contribution in [1.82, 2.24) is 29.6 Å².